The molecule has 0 aliphatic carbocycles. The molecule has 0 aliphatic rings. The normalized spacial score (nSPS) is 10.2. The van der Waals surface area contributed by atoms with E-state index < -0.39 is 0 Å². The Balaban J connectivity index is 2.81. The molecule has 16 heavy (non-hydrogen) atoms. The Labute approximate surface area is 119 Å². The van der Waals surface area contributed by atoms with Gasteiger partial charge in [-0.3, -0.25) is 4.79 Å². The molecule has 0 saturated heterocycles. The van der Waals surface area contributed by atoms with Crippen LogP contribution in [0.3, 0.4) is 0 Å². The van der Waals surface area contributed by atoms with E-state index in [9.17, 15) is 4.79 Å². The average Bonchev–Trinajstić information content (AvgIpc) is 2.28. The fourth-order valence-corrected chi connectivity index (χ4v) is 2.27. The lowest BCUT2D eigenvalue weighted by molar-refractivity contribution is 0.0775. The quantitative estimate of drug-likeness (QED) is 0.575. The Morgan fingerprint density at radius 1 is 1.25 bits per heavy atom. The minimum Gasteiger partial charge on any atom is -0.336 e. The molecule has 2 nitrogen and oxygen atoms in total. The standard InChI is InChI=1S/C11H12Cl2INO/c12-4-6-15(7-5-13)11(16)9-2-1-3-10(14)8-9/h1-3,8H,4-7H2. The van der Waals surface area contributed by atoms with Crippen molar-refractivity contribution in [3.63, 3.8) is 0 Å². The molecule has 0 heterocycles. The van der Waals surface area contributed by atoms with Gasteiger partial charge in [-0.1, -0.05) is 6.07 Å². The number of rotatable bonds is 5. The summed E-state index contributed by atoms with van der Waals surface area (Å²) in [6.07, 6.45) is 0. The third kappa shape index (κ3) is 4.11. The minimum atomic E-state index is -0.0141. The summed E-state index contributed by atoms with van der Waals surface area (Å²) in [5.74, 6) is 0.832. The molecule has 0 saturated carbocycles. The van der Waals surface area contributed by atoms with Crippen LogP contribution < -0.4 is 0 Å². The first-order chi connectivity index (χ1) is 7.69. The molecule has 0 fully saturated rings. The Morgan fingerprint density at radius 3 is 2.38 bits per heavy atom. The lowest BCUT2D eigenvalue weighted by atomic mass is 10.2. The van der Waals surface area contributed by atoms with Crippen LogP contribution in [0.15, 0.2) is 24.3 Å². The summed E-state index contributed by atoms with van der Waals surface area (Å²) in [6.45, 7) is 1.05. The Hall–Kier alpha value is -0.000000000000000111. The number of halogens is 3. The monoisotopic (exact) mass is 371 g/mol. The number of amides is 1. The second-order valence-electron chi connectivity index (χ2n) is 3.18. The summed E-state index contributed by atoms with van der Waals surface area (Å²) < 4.78 is 1.04. The van der Waals surface area contributed by atoms with E-state index in [0.29, 0.717) is 30.4 Å². The van der Waals surface area contributed by atoms with Crippen LogP contribution in [-0.2, 0) is 0 Å². The zero-order valence-corrected chi connectivity index (χ0v) is 12.3. The molecule has 0 aliphatic heterocycles. The number of alkyl halides is 2. The largest absolute Gasteiger partial charge is 0.336 e. The average molecular weight is 372 g/mol. The van der Waals surface area contributed by atoms with Gasteiger partial charge in [0.05, 0.1) is 0 Å². The molecule has 1 aromatic carbocycles. The van der Waals surface area contributed by atoms with Crippen LogP contribution >= 0.6 is 45.8 Å². The molecular weight excluding hydrogens is 360 g/mol. The molecule has 5 heteroatoms. The summed E-state index contributed by atoms with van der Waals surface area (Å²) in [5.41, 5.74) is 0.683. The van der Waals surface area contributed by atoms with Crippen molar-refractivity contribution in [3.8, 4) is 0 Å². The molecule has 0 bridgehead atoms. The van der Waals surface area contributed by atoms with Crippen LogP contribution in [0.2, 0.25) is 0 Å². The summed E-state index contributed by atoms with van der Waals surface area (Å²) in [5, 5.41) is 0. The van der Waals surface area contributed by atoms with Gasteiger partial charge in [0.1, 0.15) is 0 Å². The van der Waals surface area contributed by atoms with Crippen LogP contribution in [0.5, 0.6) is 0 Å². The first-order valence-corrected chi connectivity index (χ1v) is 7.00. The molecule has 1 rings (SSSR count). The second-order valence-corrected chi connectivity index (χ2v) is 5.18. The molecule has 1 amide bonds. The molecule has 0 atom stereocenters. The van der Waals surface area contributed by atoms with Crippen molar-refractivity contribution in [1.29, 1.82) is 0 Å². The van der Waals surface area contributed by atoms with Crippen LogP contribution in [0, 0.1) is 3.57 Å². The van der Waals surface area contributed by atoms with E-state index in [2.05, 4.69) is 22.6 Å². The first kappa shape index (κ1) is 14.1. The van der Waals surface area contributed by atoms with Gasteiger partial charge in [0.15, 0.2) is 0 Å². The van der Waals surface area contributed by atoms with Gasteiger partial charge >= 0.3 is 0 Å². The Kier molecular flexibility index (Phi) is 6.46. The van der Waals surface area contributed by atoms with E-state index in [-0.39, 0.29) is 5.91 Å². The van der Waals surface area contributed by atoms with Crippen molar-refractivity contribution in [3.05, 3.63) is 33.4 Å². The Morgan fingerprint density at radius 2 is 1.88 bits per heavy atom. The predicted octanol–water partition coefficient (Wildman–Crippen LogP) is 3.21. The topological polar surface area (TPSA) is 20.3 Å². The predicted molar refractivity (Wildman–Crippen MR) is 76.5 cm³/mol. The lowest BCUT2D eigenvalue weighted by Gasteiger charge is -2.20. The number of hydrogen-bond donors (Lipinski definition) is 0. The Bertz CT molecular complexity index is 354. The van der Waals surface area contributed by atoms with Gasteiger partial charge < -0.3 is 4.90 Å². The second kappa shape index (κ2) is 7.35. The number of hydrogen-bond acceptors (Lipinski definition) is 1. The van der Waals surface area contributed by atoms with Crippen LogP contribution in [0.4, 0.5) is 0 Å². The fraction of sp³-hybridized carbons (Fsp3) is 0.364. The van der Waals surface area contributed by atoms with Gasteiger partial charge in [-0.15, -0.1) is 23.2 Å². The summed E-state index contributed by atoms with van der Waals surface area (Å²) in [4.78, 5) is 13.8. The van der Waals surface area contributed by atoms with E-state index in [1.165, 1.54) is 0 Å². The highest BCUT2D eigenvalue weighted by Gasteiger charge is 2.14. The fourth-order valence-electron chi connectivity index (χ4n) is 1.32. The summed E-state index contributed by atoms with van der Waals surface area (Å²) in [7, 11) is 0. The third-order valence-electron chi connectivity index (χ3n) is 2.07. The van der Waals surface area contributed by atoms with Crippen LogP contribution in [0.25, 0.3) is 0 Å². The SMILES string of the molecule is O=C(c1cccc(I)c1)N(CCCl)CCCl. The molecule has 0 unspecified atom stereocenters. The van der Waals surface area contributed by atoms with Gasteiger partial charge in [0, 0.05) is 34.0 Å². The van der Waals surface area contributed by atoms with Gasteiger partial charge in [0.25, 0.3) is 5.91 Å². The maximum absolute atomic E-state index is 12.1. The molecule has 0 aromatic heterocycles. The van der Waals surface area contributed by atoms with Crippen LogP contribution in [-0.4, -0.2) is 35.7 Å². The summed E-state index contributed by atoms with van der Waals surface area (Å²) >= 11 is 13.5. The lowest BCUT2D eigenvalue weighted by Crippen LogP contribution is -2.34. The van der Waals surface area contributed by atoms with Crippen LogP contribution in [0.1, 0.15) is 10.4 Å². The highest BCUT2D eigenvalue weighted by atomic mass is 127. The first-order valence-electron chi connectivity index (χ1n) is 4.86. The van der Waals surface area contributed by atoms with E-state index in [1.54, 1.807) is 11.0 Å². The molecular formula is C11H12Cl2INO. The van der Waals surface area contributed by atoms with E-state index in [4.69, 9.17) is 23.2 Å². The molecule has 0 radical (unpaired) electrons. The number of nitrogens with zero attached hydrogens (tertiary/aromatic N) is 1. The zero-order valence-electron chi connectivity index (χ0n) is 8.63. The molecule has 88 valence electrons. The highest BCUT2D eigenvalue weighted by molar-refractivity contribution is 14.1. The van der Waals surface area contributed by atoms with Crippen molar-refractivity contribution < 1.29 is 4.79 Å². The third-order valence-corrected chi connectivity index (χ3v) is 3.08. The number of carbonyl (C=O) groups is 1. The van der Waals surface area contributed by atoms with Gasteiger partial charge in [0.2, 0.25) is 0 Å². The zero-order chi connectivity index (χ0) is 12.0. The van der Waals surface area contributed by atoms with Crippen molar-refractivity contribution in [1.82, 2.24) is 4.90 Å². The maximum atomic E-state index is 12.1. The van der Waals surface area contributed by atoms with Crippen molar-refractivity contribution >= 4 is 51.7 Å². The summed E-state index contributed by atoms with van der Waals surface area (Å²) in [6, 6.07) is 7.48. The van der Waals surface area contributed by atoms with E-state index in [0.717, 1.165) is 3.57 Å². The molecule has 1 aromatic rings. The molecule has 0 N–H and O–H groups in total. The number of carbonyl (C=O) groups excluding carboxylic acids is 1. The van der Waals surface area contributed by atoms with Gasteiger partial charge in [-0.2, -0.15) is 0 Å². The molecule has 0 spiro atoms. The number of benzene rings is 1. The van der Waals surface area contributed by atoms with Gasteiger partial charge in [-0.05, 0) is 40.8 Å². The van der Waals surface area contributed by atoms with Crippen molar-refractivity contribution in [2.75, 3.05) is 24.8 Å². The van der Waals surface area contributed by atoms with Gasteiger partial charge in [-0.25, -0.2) is 0 Å². The van der Waals surface area contributed by atoms with Crippen molar-refractivity contribution in [2.45, 2.75) is 0 Å². The maximum Gasteiger partial charge on any atom is 0.253 e. The highest BCUT2D eigenvalue weighted by Crippen LogP contribution is 2.10. The smallest absolute Gasteiger partial charge is 0.253 e. The minimum absolute atomic E-state index is 0.0141. The van der Waals surface area contributed by atoms with E-state index >= 15 is 0 Å². The van der Waals surface area contributed by atoms with Crippen molar-refractivity contribution in [2.24, 2.45) is 0 Å². The van der Waals surface area contributed by atoms with E-state index in [1.807, 2.05) is 18.2 Å².